The van der Waals surface area contributed by atoms with E-state index in [0.29, 0.717) is 0 Å². The molecular weight excluding hydrogens is 162 g/mol. The van der Waals surface area contributed by atoms with Crippen molar-refractivity contribution in [1.82, 2.24) is 5.32 Å². The minimum absolute atomic E-state index is 0.774. The molecule has 2 unspecified atom stereocenters. The molecule has 2 fully saturated rings. The van der Waals surface area contributed by atoms with Crippen molar-refractivity contribution in [2.45, 2.75) is 38.1 Å². The van der Waals surface area contributed by atoms with Crippen molar-refractivity contribution in [2.24, 2.45) is 11.8 Å². The highest BCUT2D eigenvalue weighted by atomic mass is 16.5. The summed E-state index contributed by atoms with van der Waals surface area (Å²) in [7, 11) is 1.81. The van der Waals surface area contributed by atoms with Crippen LogP contribution in [0.4, 0.5) is 0 Å². The fourth-order valence-electron chi connectivity index (χ4n) is 2.93. The monoisotopic (exact) mass is 183 g/mol. The highest BCUT2D eigenvalue weighted by Gasteiger charge is 2.31. The number of rotatable bonds is 3. The first-order valence-corrected chi connectivity index (χ1v) is 5.62. The summed E-state index contributed by atoms with van der Waals surface area (Å²) in [5.41, 5.74) is 0. The van der Waals surface area contributed by atoms with Gasteiger partial charge in [0.05, 0.1) is 6.61 Å². The molecule has 0 aromatic rings. The van der Waals surface area contributed by atoms with Crippen LogP contribution in [0.15, 0.2) is 0 Å². The van der Waals surface area contributed by atoms with Crippen molar-refractivity contribution in [1.29, 1.82) is 0 Å². The van der Waals surface area contributed by atoms with Gasteiger partial charge in [0.1, 0.15) is 0 Å². The summed E-state index contributed by atoms with van der Waals surface area (Å²) in [4.78, 5) is 0. The normalized spacial score (nSPS) is 35.8. The van der Waals surface area contributed by atoms with Crippen molar-refractivity contribution in [3.63, 3.8) is 0 Å². The zero-order valence-electron chi connectivity index (χ0n) is 8.59. The number of ether oxygens (including phenoxy) is 1. The van der Waals surface area contributed by atoms with E-state index in [1.807, 2.05) is 7.11 Å². The van der Waals surface area contributed by atoms with Crippen molar-refractivity contribution < 1.29 is 4.74 Å². The van der Waals surface area contributed by atoms with Gasteiger partial charge in [-0.3, -0.25) is 0 Å². The Morgan fingerprint density at radius 2 is 2.08 bits per heavy atom. The maximum absolute atomic E-state index is 5.20. The molecule has 1 aliphatic carbocycles. The summed E-state index contributed by atoms with van der Waals surface area (Å²) in [5, 5.41) is 3.65. The van der Waals surface area contributed by atoms with Crippen LogP contribution < -0.4 is 5.32 Å². The Hall–Kier alpha value is -0.0800. The zero-order valence-corrected chi connectivity index (χ0v) is 8.59. The molecule has 0 aromatic carbocycles. The van der Waals surface area contributed by atoms with Gasteiger partial charge in [-0.05, 0) is 31.1 Å². The lowest BCUT2D eigenvalue weighted by Gasteiger charge is -2.17. The quantitative estimate of drug-likeness (QED) is 0.720. The minimum Gasteiger partial charge on any atom is -0.384 e. The standard InChI is InChI=1S/C11H21NO/c1-13-8-9-6-11(12-7-9)10-4-2-3-5-10/h9-12H,2-8H2,1H3. The van der Waals surface area contributed by atoms with Crippen LogP contribution in [0.25, 0.3) is 0 Å². The molecular formula is C11H21NO. The molecule has 76 valence electrons. The van der Waals surface area contributed by atoms with Gasteiger partial charge in [0, 0.05) is 19.7 Å². The van der Waals surface area contributed by atoms with Gasteiger partial charge in [0.2, 0.25) is 0 Å². The summed E-state index contributed by atoms with van der Waals surface area (Å²) in [6, 6.07) is 0.808. The Labute approximate surface area is 81.0 Å². The molecule has 1 saturated heterocycles. The van der Waals surface area contributed by atoms with Crippen molar-refractivity contribution >= 4 is 0 Å². The first kappa shape index (κ1) is 9.47. The molecule has 0 spiro atoms. The molecule has 2 nitrogen and oxygen atoms in total. The summed E-state index contributed by atoms with van der Waals surface area (Å²) >= 11 is 0. The molecule has 2 aliphatic rings. The highest BCUT2D eigenvalue weighted by molar-refractivity contribution is 4.88. The van der Waals surface area contributed by atoms with E-state index in [9.17, 15) is 0 Å². The molecule has 0 radical (unpaired) electrons. The van der Waals surface area contributed by atoms with Crippen LogP contribution in [0.3, 0.4) is 0 Å². The average molecular weight is 183 g/mol. The zero-order chi connectivity index (χ0) is 9.10. The minimum atomic E-state index is 0.774. The molecule has 0 aromatic heterocycles. The van der Waals surface area contributed by atoms with E-state index >= 15 is 0 Å². The molecule has 0 amide bonds. The molecule has 2 rings (SSSR count). The summed E-state index contributed by atoms with van der Waals surface area (Å²) in [6.45, 7) is 2.12. The van der Waals surface area contributed by atoms with Gasteiger partial charge in [-0.15, -0.1) is 0 Å². The van der Waals surface area contributed by atoms with Gasteiger partial charge in [-0.1, -0.05) is 12.8 Å². The van der Waals surface area contributed by atoms with Crippen LogP contribution in [0.1, 0.15) is 32.1 Å². The predicted molar refractivity (Wildman–Crippen MR) is 53.7 cm³/mol. The molecule has 2 atom stereocenters. The van der Waals surface area contributed by atoms with Crippen LogP contribution in [-0.4, -0.2) is 26.3 Å². The summed E-state index contributed by atoms with van der Waals surface area (Å²) < 4.78 is 5.20. The number of hydrogen-bond donors (Lipinski definition) is 1. The Morgan fingerprint density at radius 3 is 2.77 bits per heavy atom. The second-order valence-corrected chi connectivity index (χ2v) is 4.62. The third kappa shape index (κ3) is 2.23. The smallest absolute Gasteiger partial charge is 0.0503 e. The van der Waals surface area contributed by atoms with Crippen LogP contribution in [0, 0.1) is 11.8 Å². The van der Waals surface area contributed by atoms with E-state index < -0.39 is 0 Å². The molecule has 1 heterocycles. The van der Waals surface area contributed by atoms with Crippen LogP contribution in [-0.2, 0) is 4.74 Å². The lowest BCUT2D eigenvalue weighted by atomic mass is 9.94. The number of methoxy groups -OCH3 is 1. The molecule has 0 bridgehead atoms. The fourth-order valence-corrected chi connectivity index (χ4v) is 2.93. The molecule has 1 N–H and O–H groups in total. The molecule has 1 saturated carbocycles. The SMILES string of the molecule is COCC1CNC(C2CCCC2)C1. The Bertz CT molecular complexity index is 154. The van der Waals surface area contributed by atoms with E-state index in [2.05, 4.69) is 5.32 Å². The topological polar surface area (TPSA) is 21.3 Å². The Balaban J connectivity index is 1.76. The first-order chi connectivity index (χ1) is 6.40. The van der Waals surface area contributed by atoms with Crippen LogP contribution in [0.2, 0.25) is 0 Å². The largest absolute Gasteiger partial charge is 0.384 e. The maximum atomic E-state index is 5.20. The maximum Gasteiger partial charge on any atom is 0.0503 e. The van der Waals surface area contributed by atoms with Gasteiger partial charge >= 0.3 is 0 Å². The lowest BCUT2D eigenvalue weighted by Crippen LogP contribution is -2.28. The second-order valence-electron chi connectivity index (χ2n) is 4.62. The predicted octanol–water partition coefficient (Wildman–Crippen LogP) is 1.80. The van der Waals surface area contributed by atoms with Gasteiger partial charge < -0.3 is 10.1 Å². The Morgan fingerprint density at radius 1 is 1.31 bits per heavy atom. The summed E-state index contributed by atoms with van der Waals surface area (Å²) in [5.74, 6) is 1.75. The number of hydrogen-bond acceptors (Lipinski definition) is 2. The van der Waals surface area contributed by atoms with Gasteiger partial charge in [-0.25, -0.2) is 0 Å². The van der Waals surface area contributed by atoms with Crippen LogP contribution in [0.5, 0.6) is 0 Å². The third-order valence-corrected chi connectivity index (χ3v) is 3.63. The van der Waals surface area contributed by atoms with E-state index in [0.717, 1.165) is 24.5 Å². The average Bonchev–Trinajstić information content (AvgIpc) is 2.70. The van der Waals surface area contributed by atoms with Crippen molar-refractivity contribution in [3.05, 3.63) is 0 Å². The summed E-state index contributed by atoms with van der Waals surface area (Å²) in [6.07, 6.45) is 7.17. The number of nitrogens with one attached hydrogen (secondary N) is 1. The van der Waals surface area contributed by atoms with Crippen molar-refractivity contribution in [3.8, 4) is 0 Å². The highest BCUT2D eigenvalue weighted by Crippen LogP contribution is 2.32. The van der Waals surface area contributed by atoms with Crippen molar-refractivity contribution in [2.75, 3.05) is 20.3 Å². The Kier molecular flexibility index (Phi) is 3.23. The van der Waals surface area contributed by atoms with E-state index in [1.54, 1.807) is 0 Å². The van der Waals surface area contributed by atoms with Crippen LogP contribution >= 0.6 is 0 Å². The second kappa shape index (κ2) is 4.43. The van der Waals surface area contributed by atoms with Gasteiger partial charge in [0.15, 0.2) is 0 Å². The lowest BCUT2D eigenvalue weighted by molar-refractivity contribution is 0.158. The van der Waals surface area contributed by atoms with E-state index in [1.165, 1.54) is 38.6 Å². The molecule has 13 heavy (non-hydrogen) atoms. The fraction of sp³-hybridized carbons (Fsp3) is 1.00. The van der Waals surface area contributed by atoms with E-state index in [-0.39, 0.29) is 0 Å². The van der Waals surface area contributed by atoms with E-state index in [4.69, 9.17) is 4.74 Å². The van der Waals surface area contributed by atoms with Gasteiger partial charge in [0.25, 0.3) is 0 Å². The molecule has 2 heteroatoms. The first-order valence-electron chi connectivity index (χ1n) is 5.62. The third-order valence-electron chi connectivity index (χ3n) is 3.63. The van der Waals surface area contributed by atoms with Gasteiger partial charge in [-0.2, -0.15) is 0 Å². The molecule has 1 aliphatic heterocycles.